The minimum absolute atomic E-state index is 0.227. The van der Waals surface area contributed by atoms with Crippen molar-refractivity contribution in [3.63, 3.8) is 0 Å². The van der Waals surface area contributed by atoms with Crippen LogP contribution in [0.5, 0.6) is 5.75 Å². The van der Waals surface area contributed by atoms with E-state index in [4.69, 9.17) is 11.6 Å². The van der Waals surface area contributed by atoms with Crippen molar-refractivity contribution in [3.05, 3.63) is 46.4 Å². The fourth-order valence-electron chi connectivity index (χ4n) is 2.82. The molecule has 1 aromatic carbocycles. The van der Waals surface area contributed by atoms with E-state index in [1.807, 2.05) is 31.1 Å². The highest BCUT2D eigenvalue weighted by molar-refractivity contribution is 6.28. The first kappa shape index (κ1) is 13.2. The summed E-state index contributed by atoms with van der Waals surface area (Å²) < 4.78 is 0. The van der Waals surface area contributed by atoms with Crippen molar-refractivity contribution < 1.29 is 5.11 Å². The van der Waals surface area contributed by atoms with E-state index in [2.05, 4.69) is 9.97 Å². The molecule has 0 bridgehead atoms. The van der Waals surface area contributed by atoms with Crippen LogP contribution in [0.2, 0.25) is 5.28 Å². The third-order valence-electron chi connectivity index (χ3n) is 3.72. The Hall–Kier alpha value is -1.81. The second-order valence-corrected chi connectivity index (χ2v) is 5.60. The van der Waals surface area contributed by atoms with Crippen molar-refractivity contribution in [3.8, 4) is 5.75 Å². The van der Waals surface area contributed by atoms with Crippen LogP contribution in [0.1, 0.15) is 29.2 Å². The number of aromatic hydroxyl groups is 1. The van der Waals surface area contributed by atoms with Gasteiger partial charge in [0.05, 0.1) is 5.69 Å². The zero-order valence-electron chi connectivity index (χ0n) is 11.5. The standard InChI is InChI=1S/C15H16ClN3O/c1-19(2)14-12-8-7-11(13(12)17-15(16)18-14)9-3-5-10(20)6-4-9/h3-6,11,20H,7-8H2,1-2H3. The monoisotopic (exact) mass is 289 g/mol. The van der Waals surface area contributed by atoms with E-state index < -0.39 is 0 Å². The summed E-state index contributed by atoms with van der Waals surface area (Å²) in [5.74, 6) is 1.41. The van der Waals surface area contributed by atoms with Crippen molar-refractivity contribution in [1.29, 1.82) is 0 Å². The van der Waals surface area contributed by atoms with Crippen molar-refractivity contribution in [2.45, 2.75) is 18.8 Å². The molecule has 2 aromatic rings. The number of phenolic OH excluding ortho intramolecular Hbond substituents is 1. The lowest BCUT2D eigenvalue weighted by Gasteiger charge is -2.17. The number of benzene rings is 1. The van der Waals surface area contributed by atoms with Gasteiger partial charge in [-0.25, -0.2) is 9.97 Å². The lowest BCUT2D eigenvalue weighted by atomic mass is 9.96. The summed E-state index contributed by atoms with van der Waals surface area (Å²) in [7, 11) is 3.93. The Morgan fingerprint density at radius 1 is 1.20 bits per heavy atom. The molecule has 1 aromatic heterocycles. The van der Waals surface area contributed by atoms with E-state index in [9.17, 15) is 5.11 Å². The van der Waals surface area contributed by atoms with Gasteiger partial charge in [-0.15, -0.1) is 0 Å². The number of nitrogens with zero attached hydrogens (tertiary/aromatic N) is 3. The van der Waals surface area contributed by atoms with Crippen LogP contribution in [0.15, 0.2) is 24.3 Å². The molecule has 1 atom stereocenters. The lowest BCUT2D eigenvalue weighted by Crippen LogP contribution is -2.14. The van der Waals surface area contributed by atoms with Crippen LogP contribution in [0.25, 0.3) is 0 Å². The molecule has 0 spiro atoms. The van der Waals surface area contributed by atoms with Gasteiger partial charge >= 0.3 is 0 Å². The normalized spacial score (nSPS) is 17.1. The van der Waals surface area contributed by atoms with E-state index in [1.165, 1.54) is 5.56 Å². The molecule has 1 aliphatic carbocycles. The van der Waals surface area contributed by atoms with Gasteiger partial charge in [0.15, 0.2) is 0 Å². The molecular weight excluding hydrogens is 274 g/mol. The van der Waals surface area contributed by atoms with E-state index in [0.717, 1.165) is 29.9 Å². The molecule has 4 nitrogen and oxygen atoms in total. The van der Waals surface area contributed by atoms with Crippen LogP contribution < -0.4 is 4.90 Å². The maximum atomic E-state index is 9.40. The maximum Gasteiger partial charge on any atom is 0.224 e. The van der Waals surface area contributed by atoms with Crippen LogP contribution in [-0.4, -0.2) is 29.2 Å². The fraction of sp³-hybridized carbons (Fsp3) is 0.333. The summed E-state index contributed by atoms with van der Waals surface area (Å²) in [5, 5.41) is 9.69. The Morgan fingerprint density at radius 2 is 1.90 bits per heavy atom. The number of anilines is 1. The van der Waals surface area contributed by atoms with E-state index in [-0.39, 0.29) is 17.0 Å². The predicted octanol–water partition coefficient (Wildman–Crippen LogP) is 2.98. The molecule has 0 saturated heterocycles. The molecule has 20 heavy (non-hydrogen) atoms. The molecule has 5 heteroatoms. The average Bonchev–Trinajstić information content (AvgIpc) is 2.82. The van der Waals surface area contributed by atoms with Crippen molar-refractivity contribution >= 4 is 17.4 Å². The van der Waals surface area contributed by atoms with Crippen LogP contribution in [0.3, 0.4) is 0 Å². The molecule has 0 radical (unpaired) electrons. The zero-order valence-corrected chi connectivity index (χ0v) is 12.2. The molecule has 1 unspecified atom stereocenters. The first-order valence-electron chi connectivity index (χ1n) is 6.59. The van der Waals surface area contributed by atoms with Crippen molar-refractivity contribution in [2.75, 3.05) is 19.0 Å². The third-order valence-corrected chi connectivity index (χ3v) is 3.89. The van der Waals surface area contributed by atoms with Gasteiger partial charge in [-0.2, -0.15) is 0 Å². The van der Waals surface area contributed by atoms with Crippen LogP contribution in [-0.2, 0) is 6.42 Å². The van der Waals surface area contributed by atoms with Gasteiger partial charge in [0.1, 0.15) is 11.6 Å². The Bertz CT molecular complexity index is 640. The van der Waals surface area contributed by atoms with Crippen molar-refractivity contribution in [1.82, 2.24) is 9.97 Å². The third kappa shape index (κ3) is 2.20. The number of fused-ring (bicyclic) bond motifs is 1. The Balaban J connectivity index is 2.08. The number of halogens is 1. The van der Waals surface area contributed by atoms with Gasteiger partial charge in [-0.3, -0.25) is 0 Å². The second-order valence-electron chi connectivity index (χ2n) is 5.26. The minimum Gasteiger partial charge on any atom is -0.508 e. The number of hydrogen-bond acceptors (Lipinski definition) is 4. The number of aromatic nitrogens is 2. The molecule has 1 aliphatic rings. The topological polar surface area (TPSA) is 49.2 Å². The summed E-state index contributed by atoms with van der Waals surface area (Å²) in [4.78, 5) is 10.7. The summed E-state index contributed by atoms with van der Waals surface area (Å²) in [5.41, 5.74) is 3.35. The minimum atomic E-state index is 0.227. The highest BCUT2D eigenvalue weighted by atomic mass is 35.5. The van der Waals surface area contributed by atoms with Gasteiger partial charge < -0.3 is 10.0 Å². The highest BCUT2D eigenvalue weighted by Crippen LogP contribution is 2.40. The predicted molar refractivity (Wildman–Crippen MR) is 79.6 cm³/mol. The average molecular weight is 290 g/mol. The summed E-state index contributed by atoms with van der Waals surface area (Å²) in [6.07, 6.45) is 1.95. The van der Waals surface area contributed by atoms with E-state index >= 15 is 0 Å². The van der Waals surface area contributed by atoms with Gasteiger partial charge in [0.25, 0.3) is 0 Å². The van der Waals surface area contributed by atoms with E-state index in [0.29, 0.717) is 0 Å². The van der Waals surface area contributed by atoms with Crippen molar-refractivity contribution in [2.24, 2.45) is 0 Å². The van der Waals surface area contributed by atoms with Gasteiger partial charge in [-0.05, 0) is 42.1 Å². The fourth-order valence-corrected chi connectivity index (χ4v) is 2.99. The number of hydrogen-bond donors (Lipinski definition) is 1. The highest BCUT2D eigenvalue weighted by Gasteiger charge is 2.29. The smallest absolute Gasteiger partial charge is 0.224 e. The largest absolute Gasteiger partial charge is 0.508 e. The SMILES string of the molecule is CN(C)c1nc(Cl)nc2c1CCC2c1ccc(O)cc1. The quantitative estimate of drug-likeness (QED) is 0.864. The zero-order chi connectivity index (χ0) is 14.3. The molecule has 0 aliphatic heterocycles. The molecule has 0 amide bonds. The van der Waals surface area contributed by atoms with Gasteiger partial charge in [-0.1, -0.05) is 12.1 Å². The molecule has 3 rings (SSSR count). The lowest BCUT2D eigenvalue weighted by molar-refractivity contribution is 0.475. The van der Waals surface area contributed by atoms with E-state index in [1.54, 1.807) is 12.1 Å². The molecule has 1 N–H and O–H groups in total. The Morgan fingerprint density at radius 3 is 2.55 bits per heavy atom. The first-order chi connectivity index (χ1) is 9.56. The molecule has 0 saturated carbocycles. The molecule has 104 valence electrons. The second kappa shape index (κ2) is 4.94. The maximum absolute atomic E-state index is 9.40. The molecule has 0 fully saturated rings. The first-order valence-corrected chi connectivity index (χ1v) is 6.96. The summed E-state index contributed by atoms with van der Waals surface area (Å²) in [6.45, 7) is 0. The van der Waals surface area contributed by atoms with Crippen LogP contribution >= 0.6 is 11.6 Å². The molecular formula is C15H16ClN3O. The number of phenols is 1. The summed E-state index contributed by atoms with van der Waals surface area (Å²) in [6, 6.07) is 7.31. The summed E-state index contributed by atoms with van der Waals surface area (Å²) >= 11 is 6.06. The van der Waals surface area contributed by atoms with Gasteiger partial charge in [0.2, 0.25) is 5.28 Å². The van der Waals surface area contributed by atoms with Gasteiger partial charge in [0, 0.05) is 25.6 Å². The Kier molecular flexibility index (Phi) is 3.26. The Labute approximate surface area is 123 Å². The van der Waals surface area contributed by atoms with Crippen LogP contribution in [0.4, 0.5) is 5.82 Å². The molecule has 1 heterocycles. The number of rotatable bonds is 2. The van der Waals surface area contributed by atoms with Crippen LogP contribution in [0, 0.1) is 0 Å².